The topological polar surface area (TPSA) is 72.4 Å². The van der Waals surface area contributed by atoms with Gasteiger partial charge in [0.15, 0.2) is 12.1 Å². The minimum atomic E-state index is -0.575. The fourth-order valence-electron chi connectivity index (χ4n) is 1.09. The van der Waals surface area contributed by atoms with Crippen LogP contribution in [-0.2, 0) is 9.53 Å². The molecule has 1 rings (SSSR count). The summed E-state index contributed by atoms with van der Waals surface area (Å²) in [6, 6.07) is 0. The third-order valence-corrected chi connectivity index (χ3v) is 1.91. The quantitative estimate of drug-likeness (QED) is 0.564. The lowest BCUT2D eigenvalue weighted by atomic mass is 10.2. The van der Waals surface area contributed by atoms with Crippen molar-refractivity contribution in [3.8, 4) is 11.8 Å². The first-order chi connectivity index (χ1) is 8.83. The Balaban J connectivity index is 2.80. The molecule has 0 saturated carbocycles. The van der Waals surface area contributed by atoms with Gasteiger partial charge in [-0.3, -0.25) is 9.69 Å². The van der Waals surface area contributed by atoms with Crippen molar-refractivity contribution >= 4 is 18.2 Å². The molecule has 0 fully saturated rings. The highest BCUT2D eigenvalue weighted by Gasteiger charge is 2.21. The summed E-state index contributed by atoms with van der Waals surface area (Å²) in [5, 5.41) is 0. The maximum Gasteiger partial charge on any atom is 0.415 e. The monoisotopic (exact) mass is 261 g/mol. The lowest BCUT2D eigenvalue weighted by Gasteiger charge is -2.23. The van der Waals surface area contributed by atoms with E-state index < -0.39 is 11.7 Å². The van der Waals surface area contributed by atoms with E-state index in [-0.39, 0.29) is 0 Å². The Kier molecular flexibility index (Phi) is 4.59. The highest BCUT2D eigenvalue weighted by molar-refractivity contribution is 5.85. The van der Waals surface area contributed by atoms with E-state index in [4.69, 9.17) is 4.74 Å². The lowest BCUT2D eigenvalue weighted by molar-refractivity contribution is -0.103. The van der Waals surface area contributed by atoms with Crippen LogP contribution in [0.25, 0.3) is 0 Å². The number of aromatic nitrogens is 2. The van der Waals surface area contributed by atoms with E-state index in [2.05, 4.69) is 21.8 Å². The molecule has 0 unspecified atom stereocenters. The molecular formula is C13H15N3O3. The van der Waals surface area contributed by atoms with Gasteiger partial charge in [-0.2, -0.15) is 0 Å². The summed E-state index contributed by atoms with van der Waals surface area (Å²) >= 11 is 0. The first-order valence-electron chi connectivity index (χ1n) is 5.57. The van der Waals surface area contributed by atoms with Gasteiger partial charge in [0.05, 0.1) is 12.4 Å². The molecule has 1 heterocycles. The van der Waals surface area contributed by atoms with Gasteiger partial charge in [0.1, 0.15) is 11.3 Å². The number of aldehydes is 1. The van der Waals surface area contributed by atoms with Crippen LogP contribution in [0.3, 0.4) is 0 Å². The van der Waals surface area contributed by atoms with E-state index in [1.54, 1.807) is 20.8 Å². The van der Waals surface area contributed by atoms with E-state index in [0.717, 1.165) is 0 Å². The van der Waals surface area contributed by atoms with E-state index >= 15 is 0 Å². The van der Waals surface area contributed by atoms with E-state index in [0.29, 0.717) is 17.8 Å². The van der Waals surface area contributed by atoms with Crippen molar-refractivity contribution in [2.75, 3.05) is 11.9 Å². The zero-order valence-electron chi connectivity index (χ0n) is 11.3. The third-order valence-electron chi connectivity index (χ3n) is 1.91. The number of hydrogen-bond acceptors (Lipinski definition) is 5. The molecule has 0 N–H and O–H groups in total. The Labute approximate surface area is 111 Å². The van der Waals surface area contributed by atoms with Crippen molar-refractivity contribution in [2.24, 2.45) is 0 Å². The molecule has 0 aliphatic carbocycles. The number of carbonyl (C=O) groups is 2. The first-order valence-corrected chi connectivity index (χ1v) is 5.57. The van der Waals surface area contributed by atoms with Crippen LogP contribution in [0.15, 0.2) is 12.4 Å². The molecule has 1 amide bonds. The molecule has 6 nitrogen and oxygen atoms in total. The van der Waals surface area contributed by atoms with Crippen molar-refractivity contribution in [2.45, 2.75) is 26.4 Å². The van der Waals surface area contributed by atoms with Gasteiger partial charge < -0.3 is 4.74 Å². The van der Waals surface area contributed by atoms with Gasteiger partial charge in [0, 0.05) is 7.05 Å². The molecular weight excluding hydrogens is 246 g/mol. The summed E-state index contributed by atoms with van der Waals surface area (Å²) < 4.78 is 5.19. The van der Waals surface area contributed by atoms with Gasteiger partial charge in [0.2, 0.25) is 0 Å². The maximum atomic E-state index is 11.8. The molecule has 1 aromatic rings. The highest BCUT2D eigenvalue weighted by Crippen LogP contribution is 2.13. The first kappa shape index (κ1) is 14.6. The van der Waals surface area contributed by atoms with Crippen molar-refractivity contribution in [3.05, 3.63) is 18.1 Å². The second-order valence-corrected chi connectivity index (χ2v) is 4.69. The summed E-state index contributed by atoms with van der Waals surface area (Å²) in [6.45, 7) is 5.34. The van der Waals surface area contributed by atoms with Crippen LogP contribution in [0.4, 0.5) is 10.6 Å². The Morgan fingerprint density at radius 3 is 2.53 bits per heavy atom. The number of amides is 1. The number of hydrogen-bond donors (Lipinski definition) is 0. The van der Waals surface area contributed by atoms with Crippen LogP contribution in [0.1, 0.15) is 26.5 Å². The number of ether oxygens (including phenoxy) is 1. The average molecular weight is 261 g/mol. The predicted molar refractivity (Wildman–Crippen MR) is 69.6 cm³/mol. The van der Waals surface area contributed by atoms with Gasteiger partial charge in [-0.05, 0) is 32.6 Å². The maximum absolute atomic E-state index is 11.8. The summed E-state index contributed by atoms with van der Waals surface area (Å²) in [4.78, 5) is 31.1. The van der Waals surface area contributed by atoms with E-state index in [1.165, 1.54) is 24.3 Å². The Hall–Kier alpha value is -2.42. The molecule has 19 heavy (non-hydrogen) atoms. The molecule has 6 heteroatoms. The lowest BCUT2D eigenvalue weighted by Crippen LogP contribution is -2.34. The molecule has 1 aromatic heterocycles. The Morgan fingerprint density at radius 1 is 1.37 bits per heavy atom. The zero-order valence-corrected chi connectivity index (χ0v) is 11.3. The minimum Gasteiger partial charge on any atom is -0.443 e. The molecule has 0 aliphatic rings. The normalized spacial score (nSPS) is 10.1. The molecule has 0 saturated heterocycles. The van der Waals surface area contributed by atoms with E-state index in [9.17, 15) is 9.59 Å². The number of rotatable bonds is 1. The Morgan fingerprint density at radius 2 is 2.05 bits per heavy atom. The molecule has 0 aromatic carbocycles. The average Bonchev–Trinajstić information content (AvgIpc) is 2.34. The standard InChI is InChI=1S/C13H15N3O3/c1-13(2,3)19-12(18)16(4)11-9-14-10(8-15-11)6-5-7-17/h7-9H,1-4H3. The van der Waals surface area contributed by atoms with Crippen molar-refractivity contribution in [1.82, 2.24) is 9.97 Å². The zero-order chi connectivity index (χ0) is 14.5. The Bertz CT molecular complexity index is 521. The van der Waals surface area contributed by atoms with E-state index in [1.807, 2.05) is 0 Å². The molecule has 0 aliphatic heterocycles. The largest absolute Gasteiger partial charge is 0.443 e. The minimum absolute atomic E-state index is 0.339. The van der Waals surface area contributed by atoms with Crippen molar-refractivity contribution in [1.29, 1.82) is 0 Å². The van der Waals surface area contributed by atoms with Crippen LogP contribution < -0.4 is 4.90 Å². The number of carbonyl (C=O) groups excluding carboxylic acids is 2. The second kappa shape index (κ2) is 5.96. The highest BCUT2D eigenvalue weighted by atomic mass is 16.6. The molecule has 0 bridgehead atoms. The van der Waals surface area contributed by atoms with Gasteiger partial charge in [0.25, 0.3) is 0 Å². The fourth-order valence-corrected chi connectivity index (χ4v) is 1.09. The second-order valence-electron chi connectivity index (χ2n) is 4.69. The number of anilines is 1. The van der Waals surface area contributed by atoms with Crippen LogP contribution in [0.5, 0.6) is 0 Å². The van der Waals surface area contributed by atoms with Gasteiger partial charge in [-0.1, -0.05) is 0 Å². The molecule has 0 radical (unpaired) electrons. The molecule has 0 atom stereocenters. The van der Waals surface area contributed by atoms with Gasteiger partial charge in [-0.15, -0.1) is 0 Å². The van der Waals surface area contributed by atoms with Crippen molar-refractivity contribution in [3.63, 3.8) is 0 Å². The SMILES string of the molecule is CN(C(=O)OC(C)(C)C)c1cnc(C#CC=O)cn1. The van der Waals surface area contributed by atoms with Crippen LogP contribution in [0.2, 0.25) is 0 Å². The van der Waals surface area contributed by atoms with Gasteiger partial charge >= 0.3 is 6.09 Å². The van der Waals surface area contributed by atoms with Crippen LogP contribution >= 0.6 is 0 Å². The van der Waals surface area contributed by atoms with Crippen molar-refractivity contribution < 1.29 is 14.3 Å². The predicted octanol–water partition coefficient (Wildman–Crippen LogP) is 1.40. The summed E-state index contributed by atoms with van der Waals surface area (Å²) in [6.07, 6.45) is 2.72. The smallest absolute Gasteiger partial charge is 0.415 e. The third kappa shape index (κ3) is 4.76. The number of nitrogens with zero attached hydrogens (tertiary/aromatic N) is 3. The van der Waals surface area contributed by atoms with Crippen LogP contribution in [0, 0.1) is 11.8 Å². The van der Waals surface area contributed by atoms with Gasteiger partial charge in [-0.25, -0.2) is 14.8 Å². The molecule has 0 spiro atoms. The summed E-state index contributed by atoms with van der Waals surface area (Å²) in [7, 11) is 1.54. The fraction of sp³-hybridized carbons (Fsp3) is 0.385. The molecule has 100 valence electrons. The van der Waals surface area contributed by atoms with Crippen LogP contribution in [-0.4, -0.2) is 35.0 Å². The summed E-state index contributed by atoms with van der Waals surface area (Å²) in [5.74, 6) is 5.07. The summed E-state index contributed by atoms with van der Waals surface area (Å²) in [5.41, 5.74) is -0.220.